The number of hydrogen-bond donors (Lipinski definition) is 2. The van der Waals surface area contributed by atoms with Crippen molar-refractivity contribution >= 4 is 45.1 Å². The van der Waals surface area contributed by atoms with Crippen molar-refractivity contribution in [2.45, 2.75) is 13.3 Å². The Kier molecular flexibility index (Phi) is 9.15. The average Bonchev–Trinajstić information content (AvgIpc) is 2.50. The number of alkyl halides is 2. The van der Waals surface area contributed by atoms with Crippen molar-refractivity contribution in [3.05, 3.63) is 51.7 Å². The molecule has 0 unspecified atom stereocenters. The van der Waals surface area contributed by atoms with E-state index in [9.17, 15) is 13.6 Å². The Morgan fingerprint density at radius 1 is 1.48 bits per heavy atom. The number of nitrogens with one attached hydrogen (secondary N) is 2. The van der Waals surface area contributed by atoms with E-state index in [2.05, 4.69) is 42.9 Å². The maximum Gasteiger partial charge on any atom is 0.324 e. The molecule has 0 radical (unpaired) electrons. The highest BCUT2D eigenvalue weighted by Gasteiger charge is 2.08. The summed E-state index contributed by atoms with van der Waals surface area (Å²) in [6.07, 6.45) is 1.53. The summed E-state index contributed by atoms with van der Waals surface area (Å²) in [4.78, 5) is 15.8. The zero-order valence-electron chi connectivity index (χ0n) is 13.4. The molecule has 0 atom stereocenters. The molecule has 0 aliphatic rings. The van der Waals surface area contributed by atoms with Crippen molar-refractivity contribution in [3.8, 4) is 0 Å². The van der Waals surface area contributed by atoms with Gasteiger partial charge in [-0.05, 0) is 37.6 Å². The number of amides is 2. The number of ether oxygens (including phenoxy) is 1. The van der Waals surface area contributed by atoms with Crippen LogP contribution in [0.5, 0.6) is 0 Å². The standard InChI is InChI=1S/C16H17BrClF2N3O2/c1-10(5-6-19)7-15(25-9-20)21-11(2)22-16(24)23-14-4-3-12(17)8-13(14)18/h3-4,7-8H,2,5-6,9H2,1H3,(H2,22,23,24)/b10-7+,21-15+. The normalized spacial score (nSPS) is 11.9. The van der Waals surface area contributed by atoms with Gasteiger partial charge in [0, 0.05) is 4.47 Å². The van der Waals surface area contributed by atoms with E-state index < -0.39 is 19.6 Å². The number of benzene rings is 1. The first kappa shape index (κ1) is 21.1. The van der Waals surface area contributed by atoms with Crippen LogP contribution >= 0.6 is 27.5 Å². The van der Waals surface area contributed by atoms with Gasteiger partial charge in [-0.3, -0.25) is 9.71 Å². The third kappa shape index (κ3) is 8.13. The van der Waals surface area contributed by atoms with Crippen molar-refractivity contribution in [1.82, 2.24) is 5.32 Å². The zero-order chi connectivity index (χ0) is 18.8. The third-order valence-corrected chi connectivity index (χ3v) is 3.55. The van der Waals surface area contributed by atoms with Crippen LogP contribution < -0.4 is 10.6 Å². The fraction of sp³-hybridized carbons (Fsp3) is 0.250. The first-order valence-corrected chi connectivity index (χ1v) is 8.25. The maximum absolute atomic E-state index is 12.4. The highest BCUT2D eigenvalue weighted by atomic mass is 79.9. The predicted molar refractivity (Wildman–Crippen MR) is 99.3 cm³/mol. The van der Waals surface area contributed by atoms with Crippen molar-refractivity contribution in [3.63, 3.8) is 0 Å². The van der Waals surface area contributed by atoms with Gasteiger partial charge in [-0.15, -0.1) is 0 Å². The van der Waals surface area contributed by atoms with Crippen molar-refractivity contribution in [2.75, 3.05) is 18.9 Å². The largest absolute Gasteiger partial charge is 0.446 e. The molecule has 136 valence electrons. The van der Waals surface area contributed by atoms with Crippen LogP contribution in [0.4, 0.5) is 19.3 Å². The second-order valence-corrected chi connectivity index (χ2v) is 6.11. The lowest BCUT2D eigenvalue weighted by molar-refractivity contribution is 0.181. The minimum atomic E-state index is -1.12. The molecule has 1 aromatic carbocycles. The van der Waals surface area contributed by atoms with Crippen LogP contribution in [0.25, 0.3) is 0 Å². The minimum Gasteiger partial charge on any atom is -0.446 e. The van der Waals surface area contributed by atoms with Gasteiger partial charge in [-0.2, -0.15) is 4.99 Å². The summed E-state index contributed by atoms with van der Waals surface area (Å²) in [6, 6.07) is 4.30. The van der Waals surface area contributed by atoms with Gasteiger partial charge in [0.15, 0.2) is 0 Å². The van der Waals surface area contributed by atoms with Gasteiger partial charge in [-0.1, -0.05) is 39.7 Å². The van der Waals surface area contributed by atoms with E-state index in [0.717, 1.165) is 4.47 Å². The summed E-state index contributed by atoms with van der Waals surface area (Å²) in [5.74, 6) is -0.209. The Bertz CT molecular complexity index is 696. The first-order chi connectivity index (χ1) is 11.8. The molecule has 0 bridgehead atoms. The summed E-state index contributed by atoms with van der Waals surface area (Å²) in [5, 5.41) is 5.22. The second kappa shape index (κ2) is 10.8. The molecule has 0 fully saturated rings. The summed E-state index contributed by atoms with van der Waals surface area (Å²) >= 11 is 9.26. The van der Waals surface area contributed by atoms with Crippen molar-refractivity contribution in [2.24, 2.45) is 4.99 Å². The molecule has 0 heterocycles. The summed E-state index contributed by atoms with van der Waals surface area (Å²) < 4.78 is 30.1. The SMILES string of the molecule is C=C(/N=C(\C=C(/C)CCF)OCF)NC(=O)Nc1ccc(Br)cc1Cl. The summed E-state index contributed by atoms with van der Waals surface area (Å²) in [7, 11) is 0. The van der Waals surface area contributed by atoms with Crippen LogP contribution in [0, 0.1) is 0 Å². The molecule has 1 aromatic rings. The Morgan fingerprint density at radius 2 is 2.20 bits per heavy atom. The molecule has 5 nitrogen and oxygen atoms in total. The molecular formula is C16H17BrClF2N3O2. The fourth-order valence-electron chi connectivity index (χ4n) is 1.63. The Hall–Kier alpha value is -1.93. The van der Waals surface area contributed by atoms with E-state index >= 15 is 0 Å². The Balaban J connectivity index is 2.74. The molecule has 25 heavy (non-hydrogen) atoms. The van der Waals surface area contributed by atoms with Gasteiger partial charge in [0.25, 0.3) is 0 Å². The second-order valence-electron chi connectivity index (χ2n) is 4.78. The van der Waals surface area contributed by atoms with Gasteiger partial charge < -0.3 is 10.1 Å². The number of allylic oxidation sites excluding steroid dienone is 1. The number of aliphatic imine (C=N–C) groups is 1. The van der Waals surface area contributed by atoms with E-state index in [0.29, 0.717) is 16.3 Å². The minimum absolute atomic E-state index is 0.0847. The monoisotopic (exact) mass is 435 g/mol. The predicted octanol–water partition coefficient (Wildman–Crippen LogP) is 5.34. The molecule has 0 spiro atoms. The molecule has 2 N–H and O–H groups in total. The number of carbonyl (C=O) groups is 1. The lowest BCUT2D eigenvalue weighted by atomic mass is 10.2. The van der Waals surface area contributed by atoms with E-state index in [1.807, 2.05) is 0 Å². The van der Waals surface area contributed by atoms with E-state index in [1.54, 1.807) is 25.1 Å². The fourth-order valence-corrected chi connectivity index (χ4v) is 2.35. The Labute approximate surface area is 157 Å². The van der Waals surface area contributed by atoms with Crippen LogP contribution in [0.1, 0.15) is 13.3 Å². The van der Waals surface area contributed by atoms with E-state index in [4.69, 9.17) is 11.6 Å². The lowest BCUT2D eigenvalue weighted by Gasteiger charge is -2.10. The van der Waals surface area contributed by atoms with Crippen molar-refractivity contribution < 1.29 is 18.3 Å². The number of rotatable bonds is 7. The highest BCUT2D eigenvalue weighted by Crippen LogP contribution is 2.25. The van der Waals surface area contributed by atoms with Crippen molar-refractivity contribution in [1.29, 1.82) is 0 Å². The zero-order valence-corrected chi connectivity index (χ0v) is 15.8. The molecule has 0 aromatic heterocycles. The molecule has 0 aliphatic heterocycles. The van der Waals surface area contributed by atoms with Gasteiger partial charge in [0.1, 0.15) is 5.82 Å². The highest BCUT2D eigenvalue weighted by molar-refractivity contribution is 9.10. The molecule has 0 saturated carbocycles. The van der Waals surface area contributed by atoms with E-state index in [-0.39, 0.29) is 18.1 Å². The number of carbonyl (C=O) groups excluding carboxylic acids is 1. The first-order valence-electron chi connectivity index (χ1n) is 7.08. The number of anilines is 1. The molecular weight excluding hydrogens is 420 g/mol. The molecule has 9 heteroatoms. The summed E-state index contributed by atoms with van der Waals surface area (Å²) in [6.45, 7) is 3.52. The van der Waals surface area contributed by atoms with Crippen LogP contribution in [0.2, 0.25) is 5.02 Å². The topological polar surface area (TPSA) is 62.7 Å². The lowest BCUT2D eigenvalue weighted by Crippen LogP contribution is -2.27. The van der Waals surface area contributed by atoms with Gasteiger partial charge >= 0.3 is 6.03 Å². The smallest absolute Gasteiger partial charge is 0.324 e. The Morgan fingerprint density at radius 3 is 2.80 bits per heavy atom. The van der Waals surface area contributed by atoms with Gasteiger partial charge in [0.05, 0.1) is 17.4 Å². The van der Waals surface area contributed by atoms with Crippen LogP contribution in [0.3, 0.4) is 0 Å². The van der Waals surface area contributed by atoms with Crippen LogP contribution in [-0.4, -0.2) is 25.5 Å². The molecule has 1 rings (SSSR count). The van der Waals surface area contributed by atoms with E-state index in [1.165, 1.54) is 6.08 Å². The molecule has 2 amide bonds. The number of halogens is 4. The van der Waals surface area contributed by atoms with Gasteiger partial charge in [0.2, 0.25) is 12.8 Å². The number of nitrogens with zero attached hydrogens (tertiary/aromatic N) is 1. The third-order valence-electron chi connectivity index (χ3n) is 2.74. The van der Waals surface area contributed by atoms with Gasteiger partial charge in [-0.25, -0.2) is 9.18 Å². The quantitative estimate of drug-likeness (QED) is 0.447. The van der Waals surface area contributed by atoms with Crippen LogP contribution in [0.15, 0.2) is 51.7 Å². The molecule has 0 aliphatic carbocycles. The number of urea groups is 1. The van der Waals surface area contributed by atoms with Crippen LogP contribution in [-0.2, 0) is 4.74 Å². The number of hydrogen-bond acceptors (Lipinski definition) is 3. The summed E-state index contributed by atoms with van der Waals surface area (Å²) in [5.41, 5.74) is 0.992. The molecule has 0 saturated heterocycles. The average molecular weight is 437 g/mol. The maximum atomic E-state index is 12.4.